The van der Waals surface area contributed by atoms with E-state index in [4.69, 9.17) is 11.6 Å². The third kappa shape index (κ3) is 3.76. The van der Waals surface area contributed by atoms with E-state index in [1.807, 2.05) is 67.6 Å². The maximum atomic E-state index is 13.2. The minimum atomic E-state index is -0.727. The second-order valence-electron chi connectivity index (χ2n) is 7.14. The van der Waals surface area contributed by atoms with Crippen molar-refractivity contribution in [2.75, 3.05) is 0 Å². The molecular weight excluding hydrogens is 384 g/mol. The highest BCUT2D eigenvalue weighted by atomic mass is 35.5. The average molecular weight is 405 g/mol. The third-order valence-electron chi connectivity index (χ3n) is 5.31. The molecule has 1 unspecified atom stereocenters. The molecule has 1 aliphatic heterocycles. The van der Waals surface area contributed by atoms with E-state index in [-0.39, 0.29) is 17.9 Å². The molecule has 3 aromatic carbocycles. The lowest BCUT2D eigenvalue weighted by Crippen LogP contribution is -2.40. The molecule has 0 aliphatic carbocycles. The molecule has 3 aromatic rings. The lowest BCUT2D eigenvalue weighted by Gasteiger charge is -2.31. The van der Waals surface area contributed by atoms with Crippen LogP contribution in [0, 0.1) is 0 Å². The Morgan fingerprint density at radius 2 is 1.69 bits per heavy atom. The molecule has 146 valence electrons. The summed E-state index contributed by atoms with van der Waals surface area (Å²) in [7, 11) is 0. The van der Waals surface area contributed by atoms with Crippen LogP contribution in [0.1, 0.15) is 46.1 Å². The summed E-state index contributed by atoms with van der Waals surface area (Å²) in [5.41, 5.74) is 3.15. The van der Waals surface area contributed by atoms with Crippen LogP contribution in [0.15, 0.2) is 78.9 Å². The predicted octanol–water partition coefficient (Wildman–Crippen LogP) is 4.91. The number of hydrogen-bond donors (Lipinski definition) is 1. The van der Waals surface area contributed by atoms with Crippen LogP contribution in [0.4, 0.5) is 0 Å². The third-order valence-corrected chi connectivity index (χ3v) is 5.54. The van der Waals surface area contributed by atoms with Crippen LogP contribution < -0.4 is 5.32 Å². The number of nitrogens with one attached hydrogen (secondary N) is 1. The first-order valence-corrected chi connectivity index (χ1v) is 9.93. The van der Waals surface area contributed by atoms with Crippen molar-refractivity contribution < 1.29 is 9.59 Å². The summed E-state index contributed by atoms with van der Waals surface area (Å²) in [6.45, 7) is 2.34. The maximum Gasteiger partial charge on any atom is 0.255 e. The van der Waals surface area contributed by atoms with Crippen molar-refractivity contribution in [1.29, 1.82) is 0 Å². The van der Waals surface area contributed by atoms with Gasteiger partial charge in [-0.3, -0.25) is 9.59 Å². The smallest absolute Gasteiger partial charge is 0.255 e. The van der Waals surface area contributed by atoms with Crippen molar-refractivity contribution in [3.63, 3.8) is 0 Å². The van der Waals surface area contributed by atoms with Crippen LogP contribution in [0.5, 0.6) is 0 Å². The monoisotopic (exact) mass is 404 g/mol. The van der Waals surface area contributed by atoms with E-state index >= 15 is 0 Å². The molecule has 0 saturated heterocycles. The molecule has 1 aliphatic rings. The zero-order valence-corrected chi connectivity index (χ0v) is 16.8. The molecule has 0 aromatic heterocycles. The van der Waals surface area contributed by atoms with Crippen molar-refractivity contribution in [2.24, 2.45) is 0 Å². The van der Waals surface area contributed by atoms with Gasteiger partial charge in [-0.15, -0.1) is 0 Å². The fourth-order valence-electron chi connectivity index (χ4n) is 3.80. The molecule has 2 atom stereocenters. The molecule has 1 heterocycles. The molecule has 5 heteroatoms. The number of amides is 2. The van der Waals surface area contributed by atoms with Gasteiger partial charge in [-0.05, 0) is 41.8 Å². The second kappa shape index (κ2) is 8.10. The molecule has 4 rings (SSSR count). The van der Waals surface area contributed by atoms with Gasteiger partial charge in [0.1, 0.15) is 6.04 Å². The molecule has 0 radical (unpaired) electrons. The predicted molar refractivity (Wildman–Crippen MR) is 114 cm³/mol. The first-order chi connectivity index (χ1) is 14.1. The number of nitrogens with zero attached hydrogens (tertiary/aromatic N) is 1. The Morgan fingerprint density at radius 1 is 1.03 bits per heavy atom. The largest absolute Gasteiger partial charge is 0.350 e. The first-order valence-electron chi connectivity index (χ1n) is 9.55. The highest BCUT2D eigenvalue weighted by Crippen LogP contribution is 2.40. The Bertz CT molecular complexity index is 1040. The number of carbonyl (C=O) groups is 2. The summed E-state index contributed by atoms with van der Waals surface area (Å²) in [5.74, 6) is -0.376. The molecule has 29 heavy (non-hydrogen) atoms. The summed E-state index contributed by atoms with van der Waals surface area (Å²) >= 11 is 6.20. The zero-order chi connectivity index (χ0) is 20.4. The Kier molecular flexibility index (Phi) is 5.36. The van der Waals surface area contributed by atoms with Gasteiger partial charge in [0, 0.05) is 17.1 Å². The number of halogens is 1. The lowest BCUT2D eigenvalue weighted by molar-refractivity contribution is -0.126. The van der Waals surface area contributed by atoms with Crippen molar-refractivity contribution in [2.45, 2.75) is 25.6 Å². The summed E-state index contributed by atoms with van der Waals surface area (Å²) in [6.07, 6.45) is 0. The SMILES string of the molecule is CC(c1ccccc1)N1C(=O)c2ccc(Cl)cc2[C@H]1C(=O)NCc1ccccc1. The molecular formula is C24H21ClN2O2. The molecule has 1 N–H and O–H groups in total. The van der Waals surface area contributed by atoms with E-state index in [1.54, 1.807) is 23.1 Å². The summed E-state index contributed by atoms with van der Waals surface area (Å²) in [6, 6.07) is 23.5. The maximum absolute atomic E-state index is 13.2. The highest BCUT2D eigenvalue weighted by molar-refractivity contribution is 6.31. The van der Waals surface area contributed by atoms with Gasteiger partial charge in [0.05, 0.1) is 6.04 Å². The topological polar surface area (TPSA) is 49.4 Å². The van der Waals surface area contributed by atoms with E-state index in [1.165, 1.54) is 0 Å². The van der Waals surface area contributed by atoms with Crippen molar-refractivity contribution in [3.05, 3.63) is 106 Å². The number of fused-ring (bicyclic) bond motifs is 1. The van der Waals surface area contributed by atoms with E-state index < -0.39 is 6.04 Å². The standard InChI is InChI=1S/C24H21ClN2O2/c1-16(18-10-6-3-7-11-18)27-22(21-14-19(25)12-13-20(21)24(27)29)23(28)26-15-17-8-4-2-5-9-17/h2-14,16,22H,15H2,1H3,(H,26,28)/t16?,22-/m0/s1. The Hall–Kier alpha value is -3.11. The lowest BCUT2D eigenvalue weighted by atomic mass is 10.0. The molecule has 0 spiro atoms. The van der Waals surface area contributed by atoms with Gasteiger partial charge in [-0.1, -0.05) is 72.3 Å². The fraction of sp³-hybridized carbons (Fsp3) is 0.167. The van der Waals surface area contributed by atoms with Crippen LogP contribution in [0.3, 0.4) is 0 Å². The van der Waals surface area contributed by atoms with Crippen molar-refractivity contribution >= 4 is 23.4 Å². The molecule has 0 bridgehead atoms. The van der Waals surface area contributed by atoms with Crippen LogP contribution in [-0.2, 0) is 11.3 Å². The van der Waals surface area contributed by atoms with E-state index in [0.29, 0.717) is 22.7 Å². The number of benzene rings is 3. The Balaban J connectivity index is 1.67. The molecule has 2 amide bonds. The normalized spacial score (nSPS) is 16.4. The van der Waals surface area contributed by atoms with Crippen LogP contribution in [0.25, 0.3) is 0 Å². The molecule has 0 saturated carbocycles. The highest BCUT2D eigenvalue weighted by Gasteiger charge is 2.43. The fourth-order valence-corrected chi connectivity index (χ4v) is 3.98. The Morgan fingerprint density at radius 3 is 2.38 bits per heavy atom. The van der Waals surface area contributed by atoms with Gasteiger partial charge in [-0.25, -0.2) is 0 Å². The van der Waals surface area contributed by atoms with Gasteiger partial charge >= 0.3 is 0 Å². The van der Waals surface area contributed by atoms with Gasteiger partial charge in [-0.2, -0.15) is 0 Å². The van der Waals surface area contributed by atoms with E-state index in [9.17, 15) is 9.59 Å². The number of rotatable bonds is 5. The second-order valence-corrected chi connectivity index (χ2v) is 7.57. The first kappa shape index (κ1) is 19.2. The van der Waals surface area contributed by atoms with Crippen LogP contribution in [-0.4, -0.2) is 16.7 Å². The summed E-state index contributed by atoms with van der Waals surface area (Å²) in [4.78, 5) is 28.1. The molecule has 4 nitrogen and oxygen atoms in total. The minimum Gasteiger partial charge on any atom is -0.350 e. The number of hydrogen-bond acceptors (Lipinski definition) is 2. The molecule has 0 fully saturated rings. The minimum absolute atomic E-state index is 0.159. The van der Waals surface area contributed by atoms with Crippen LogP contribution >= 0.6 is 11.6 Å². The van der Waals surface area contributed by atoms with Gasteiger partial charge < -0.3 is 10.2 Å². The quantitative estimate of drug-likeness (QED) is 0.656. The van der Waals surface area contributed by atoms with Gasteiger partial charge in [0.15, 0.2) is 0 Å². The summed E-state index contributed by atoms with van der Waals surface area (Å²) < 4.78 is 0. The van der Waals surface area contributed by atoms with Crippen LogP contribution in [0.2, 0.25) is 5.02 Å². The van der Waals surface area contributed by atoms with E-state index in [0.717, 1.165) is 11.1 Å². The van der Waals surface area contributed by atoms with E-state index in [2.05, 4.69) is 5.32 Å². The van der Waals surface area contributed by atoms with Crippen molar-refractivity contribution in [3.8, 4) is 0 Å². The van der Waals surface area contributed by atoms with Gasteiger partial charge in [0.25, 0.3) is 5.91 Å². The zero-order valence-electron chi connectivity index (χ0n) is 16.0. The summed E-state index contributed by atoms with van der Waals surface area (Å²) in [5, 5.41) is 3.49. The number of carbonyl (C=O) groups excluding carboxylic acids is 2. The van der Waals surface area contributed by atoms with Gasteiger partial charge in [0.2, 0.25) is 5.91 Å². The average Bonchev–Trinajstić information content (AvgIpc) is 3.04. The Labute approximate surface area is 175 Å². The van der Waals surface area contributed by atoms with Crippen molar-refractivity contribution in [1.82, 2.24) is 10.2 Å².